The normalized spacial score (nSPS) is 21.0. The molecule has 4 rings (SSSR count). The van der Waals surface area contributed by atoms with Crippen molar-refractivity contribution in [3.8, 4) is 5.75 Å². The molecular formula is C25H25NO4. The van der Waals surface area contributed by atoms with E-state index in [1.54, 1.807) is 0 Å². The smallest absolute Gasteiger partial charge is 0.315 e. The third kappa shape index (κ3) is 3.80. The number of benzene rings is 2. The van der Waals surface area contributed by atoms with Crippen LogP contribution in [0.5, 0.6) is 5.75 Å². The number of hydrogen-bond acceptors (Lipinski definition) is 5. The molecule has 0 bridgehead atoms. The highest BCUT2D eigenvalue weighted by Gasteiger charge is 2.43. The van der Waals surface area contributed by atoms with Gasteiger partial charge in [-0.15, -0.1) is 0 Å². The fourth-order valence-electron chi connectivity index (χ4n) is 4.38. The van der Waals surface area contributed by atoms with Crippen LogP contribution in [0.15, 0.2) is 70.9 Å². The Morgan fingerprint density at radius 2 is 1.80 bits per heavy atom. The quantitative estimate of drug-likeness (QED) is 0.684. The van der Waals surface area contributed by atoms with Crippen LogP contribution in [0, 0.1) is 5.92 Å². The Kier molecular flexibility index (Phi) is 5.79. The van der Waals surface area contributed by atoms with E-state index < -0.39 is 11.8 Å². The molecule has 1 unspecified atom stereocenters. The van der Waals surface area contributed by atoms with Crippen LogP contribution in [0.25, 0.3) is 0 Å². The first-order valence-corrected chi connectivity index (χ1v) is 10.2. The van der Waals surface area contributed by atoms with Gasteiger partial charge >= 0.3 is 5.97 Å². The Labute approximate surface area is 176 Å². The van der Waals surface area contributed by atoms with Crippen molar-refractivity contribution in [2.24, 2.45) is 10.9 Å². The molecular weight excluding hydrogens is 378 g/mol. The molecule has 2 atom stereocenters. The zero-order chi connectivity index (χ0) is 21.1. The van der Waals surface area contributed by atoms with E-state index in [0.29, 0.717) is 30.1 Å². The predicted octanol–water partition coefficient (Wildman–Crippen LogP) is 4.62. The number of allylic oxidation sites excluding steroid dienone is 2. The van der Waals surface area contributed by atoms with Crippen LogP contribution in [0.3, 0.4) is 0 Å². The lowest BCUT2D eigenvalue weighted by molar-refractivity contribution is -0.143. The third-order valence-corrected chi connectivity index (χ3v) is 5.78. The first kappa shape index (κ1) is 20.1. The van der Waals surface area contributed by atoms with Crippen molar-refractivity contribution < 1.29 is 19.1 Å². The highest BCUT2D eigenvalue weighted by Crippen LogP contribution is 2.46. The summed E-state index contributed by atoms with van der Waals surface area (Å²) >= 11 is 0. The standard InChI is InChI=1S/C25H25NO4/c1-16-22(25(28)29-2)23(24-19(26-16)12-8-13-20(24)27)18-11-6-7-14-21(18)30-15-17-9-4-3-5-10-17/h3-7,9-11,14,22-23H,8,12-13,15H2,1-2H3/t22?,23-/m1/s1. The maximum Gasteiger partial charge on any atom is 0.315 e. The Morgan fingerprint density at radius 3 is 2.57 bits per heavy atom. The molecule has 30 heavy (non-hydrogen) atoms. The first-order chi connectivity index (χ1) is 14.6. The van der Waals surface area contributed by atoms with Gasteiger partial charge in [0.1, 0.15) is 18.3 Å². The minimum absolute atomic E-state index is 0.0595. The number of methoxy groups -OCH3 is 1. The Morgan fingerprint density at radius 1 is 1.07 bits per heavy atom. The molecule has 1 heterocycles. The summed E-state index contributed by atoms with van der Waals surface area (Å²) in [7, 11) is 1.37. The number of esters is 1. The van der Waals surface area contributed by atoms with E-state index in [1.807, 2.05) is 61.5 Å². The van der Waals surface area contributed by atoms with E-state index in [4.69, 9.17) is 9.47 Å². The Balaban J connectivity index is 1.78. The van der Waals surface area contributed by atoms with Crippen LogP contribution < -0.4 is 4.74 Å². The minimum atomic E-state index is -0.641. The van der Waals surface area contributed by atoms with Gasteiger partial charge < -0.3 is 9.47 Å². The number of ketones is 1. The summed E-state index contributed by atoms with van der Waals surface area (Å²) in [6.45, 7) is 2.24. The van der Waals surface area contributed by atoms with Gasteiger partial charge in [0.2, 0.25) is 0 Å². The zero-order valence-corrected chi connectivity index (χ0v) is 17.3. The largest absolute Gasteiger partial charge is 0.489 e. The number of Topliss-reactive ketones (excluding diaryl/α,β-unsaturated/α-hetero) is 1. The number of carbonyl (C=O) groups is 2. The van der Waals surface area contributed by atoms with E-state index in [9.17, 15) is 9.59 Å². The highest BCUT2D eigenvalue weighted by molar-refractivity contribution is 6.08. The molecule has 154 valence electrons. The van der Waals surface area contributed by atoms with Gasteiger partial charge in [-0.25, -0.2) is 0 Å². The van der Waals surface area contributed by atoms with E-state index in [2.05, 4.69) is 4.99 Å². The lowest BCUT2D eigenvalue weighted by Crippen LogP contribution is -2.37. The molecule has 2 aromatic carbocycles. The maximum absolute atomic E-state index is 12.9. The van der Waals surface area contributed by atoms with Gasteiger partial charge in [0.15, 0.2) is 5.78 Å². The summed E-state index contributed by atoms with van der Waals surface area (Å²) in [6.07, 6.45) is 2.01. The van der Waals surface area contributed by atoms with Crippen molar-refractivity contribution in [3.63, 3.8) is 0 Å². The van der Waals surface area contributed by atoms with Gasteiger partial charge in [-0.2, -0.15) is 0 Å². The van der Waals surface area contributed by atoms with E-state index in [1.165, 1.54) is 7.11 Å². The zero-order valence-electron chi connectivity index (χ0n) is 17.3. The molecule has 2 aromatic rings. The summed E-state index contributed by atoms with van der Waals surface area (Å²) in [4.78, 5) is 30.3. The van der Waals surface area contributed by atoms with Crippen molar-refractivity contribution in [3.05, 3.63) is 77.0 Å². The van der Waals surface area contributed by atoms with Crippen molar-refractivity contribution in [1.82, 2.24) is 0 Å². The fourth-order valence-corrected chi connectivity index (χ4v) is 4.38. The summed E-state index contributed by atoms with van der Waals surface area (Å²) < 4.78 is 11.3. The molecule has 0 saturated carbocycles. The summed E-state index contributed by atoms with van der Waals surface area (Å²) in [5.74, 6) is -0.754. The second-order valence-corrected chi connectivity index (χ2v) is 7.68. The second-order valence-electron chi connectivity index (χ2n) is 7.68. The van der Waals surface area contributed by atoms with Crippen molar-refractivity contribution >= 4 is 17.5 Å². The number of ether oxygens (including phenoxy) is 2. The van der Waals surface area contributed by atoms with E-state index in [0.717, 1.165) is 29.7 Å². The van der Waals surface area contributed by atoms with Crippen LogP contribution in [0.4, 0.5) is 0 Å². The number of nitrogens with zero attached hydrogens (tertiary/aromatic N) is 1. The lowest BCUT2D eigenvalue weighted by Gasteiger charge is -2.34. The SMILES string of the molecule is COC(=O)C1C(C)=NC2=C(C(=O)CCC2)[C@@H]1c1ccccc1OCc1ccccc1. The summed E-state index contributed by atoms with van der Waals surface area (Å²) in [6, 6.07) is 17.5. The van der Waals surface area contributed by atoms with Gasteiger partial charge in [-0.05, 0) is 31.4 Å². The monoisotopic (exact) mass is 403 g/mol. The average Bonchev–Trinajstić information content (AvgIpc) is 2.77. The molecule has 5 nitrogen and oxygen atoms in total. The maximum atomic E-state index is 12.9. The van der Waals surface area contributed by atoms with Crippen molar-refractivity contribution in [2.75, 3.05) is 7.11 Å². The number of aliphatic imine (C=N–C) groups is 1. The molecule has 0 saturated heterocycles. The third-order valence-electron chi connectivity index (χ3n) is 5.78. The fraction of sp³-hybridized carbons (Fsp3) is 0.320. The van der Waals surface area contributed by atoms with Crippen molar-refractivity contribution in [2.45, 2.75) is 38.7 Å². The second kappa shape index (κ2) is 8.66. The molecule has 0 spiro atoms. The topological polar surface area (TPSA) is 65.0 Å². The number of hydrogen-bond donors (Lipinski definition) is 0. The molecule has 5 heteroatoms. The molecule has 0 fully saturated rings. The van der Waals surface area contributed by atoms with Crippen LogP contribution >= 0.6 is 0 Å². The molecule has 0 radical (unpaired) electrons. The Hall–Kier alpha value is -3.21. The molecule has 0 amide bonds. The van der Waals surface area contributed by atoms with Gasteiger partial charge in [0.05, 0.1) is 7.11 Å². The molecule has 2 aliphatic rings. The minimum Gasteiger partial charge on any atom is -0.489 e. The van der Waals surface area contributed by atoms with Gasteiger partial charge in [0, 0.05) is 34.9 Å². The highest BCUT2D eigenvalue weighted by atomic mass is 16.5. The van der Waals surface area contributed by atoms with Gasteiger partial charge in [0.25, 0.3) is 0 Å². The predicted molar refractivity (Wildman–Crippen MR) is 114 cm³/mol. The Bertz CT molecular complexity index is 1020. The summed E-state index contributed by atoms with van der Waals surface area (Å²) in [5, 5.41) is 0. The van der Waals surface area contributed by atoms with Crippen LogP contribution in [0.1, 0.15) is 43.2 Å². The molecule has 0 aromatic heterocycles. The van der Waals surface area contributed by atoms with Gasteiger partial charge in [-0.1, -0.05) is 48.5 Å². The number of carbonyl (C=O) groups excluding carboxylic acids is 2. The number of rotatable bonds is 5. The molecule has 1 aliphatic heterocycles. The van der Waals surface area contributed by atoms with Crippen molar-refractivity contribution in [1.29, 1.82) is 0 Å². The average molecular weight is 403 g/mol. The van der Waals surface area contributed by atoms with Crippen LogP contribution in [0.2, 0.25) is 0 Å². The molecule has 1 aliphatic carbocycles. The lowest BCUT2D eigenvalue weighted by atomic mass is 9.71. The van der Waals surface area contributed by atoms with Crippen LogP contribution in [-0.4, -0.2) is 24.6 Å². The van der Waals surface area contributed by atoms with E-state index >= 15 is 0 Å². The van der Waals surface area contributed by atoms with Gasteiger partial charge in [-0.3, -0.25) is 14.6 Å². The molecule has 0 N–H and O–H groups in total. The number of para-hydroxylation sites is 1. The van der Waals surface area contributed by atoms with E-state index in [-0.39, 0.29) is 11.8 Å². The van der Waals surface area contributed by atoms with Crippen LogP contribution in [-0.2, 0) is 20.9 Å². The first-order valence-electron chi connectivity index (χ1n) is 10.2. The summed E-state index contributed by atoms with van der Waals surface area (Å²) in [5.41, 5.74) is 3.98.